The second-order valence-corrected chi connectivity index (χ2v) is 4.78. The van der Waals surface area contributed by atoms with Crippen molar-refractivity contribution in [3.8, 4) is 0 Å². The highest BCUT2D eigenvalue weighted by Gasteiger charge is 2.26. The average Bonchev–Trinajstić information content (AvgIpc) is 2.45. The van der Waals surface area contributed by atoms with Crippen LogP contribution in [0.3, 0.4) is 0 Å². The van der Waals surface area contributed by atoms with Crippen LogP contribution in [0.4, 0.5) is 5.82 Å². The number of aromatic nitrogens is 2. The van der Waals surface area contributed by atoms with Crippen LogP contribution in [-0.4, -0.2) is 47.2 Å². The van der Waals surface area contributed by atoms with E-state index in [4.69, 9.17) is 5.11 Å². The van der Waals surface area contributed by atoms with E-state index in [1.165, 1.54) is 7.11 Å². The number of anilines is 1. The summed E-state index contributed by atoms with van der Waals surface area (Å²) >= 11 is 0. The first-order valence-electron chi connectivity index (χ1n) is 6.43. The standard InChI is InChI=1S/C13H17N3O4/c1-8-7-10(15-11(14-8)13(19)20-2)16-5-3-9(4-6-16)12(17)18/h7,9H,3-6H2,1-2H3,(H,17,18). The van der Waals surface area contributed by atoms with E-state index in [1.807, 2.05) is 4.90 Å². The molecule has 108 valence electrons. The number of hydrogen-bond donors (Lipinski definition) is 1. The summed E-state index contributed by atoms with van der Waals surface area (Å²) in [4.78, 5) is 32.6. The van der Waals surface area contributed by atoms with Crippen LogP contribution >= 0.6 is 0 Å². The summed E-state index contributed by atoms with van der Waals surface area (Å²) in [5.74, 6) is -0.951. The van der Waals surface area contributed by atoms with Gasteiger partial charge in [0.25, 0.3) is 0 Å². The van der Waals surface area contributed by atoms with Crippen LogP contribution in [0.15, 0.2) is 6.07 Å². The fourth-order valence-electron chi connectivity index (χ4n) is 2.25. The number of aliphatic carboxylic acids is 1. The molecule has 0 spiro atoms. The lowest BCUT2D eigenvalue weighted by Crippen LogP contribution is -2.37. The van der Waals surface area contributed by atoms with Gasteiger partial charge in [0.05, 0.1) is 13.0 Å². The number of piperidine rings is 1. The van der Waals surface area contributed by atoms with Gasteiger partial charge in [0.1, 0.15) is 5.82 Å². The number of carbonyl (C=O) groups excluding carboxylic acids is 1. The topological polar surface area (TPSA) is 92.6 Å². The summed E-state index contributed by atoms with van der Waals surface area (Å²) in [7, 11) is 1.28. The van der Waals surface area contributed by atoms with Crippen molar-refractivity contribution >= 4 is 17.8 Å². The molecule has 1 fully saturated rings. The fraction of sp³-hybridized carbons (Fsp3) is 0.538. The Labute approximate surface area is 116 Å². The van der Waals surface area contributed by atoms with Crippen LogP contribution in [0.1, 0.15) is 29.2 Å². The van der Waals surface area contributed by atoms with Crippen molar-refractivity contribution in [3.63, 3.8) is 0 Å². The Bertz CT molecular complexity index is 524. The summed E-state index contributed by atoms with van der Waals surface area (Å²) in [6, 6.07) is 1.79. The molecule has 0 aliphatic carbocycles. The molecule has 0 radical (unpaired) electrons. The second kappa shape index (κ2) is 5.85. The Balaban J connectivity index is 2.15. The highest BCUT2D eigenvalue weighted by Crippen LogP contribution is 2.22. The molecule has 0 bridgehead atoms. The number of hydrogen-bond acceptors (Lipinski definition) is 6. The first-order chi connectivity index (χ1) is 9.51. The minimum atomic E-state index is -0.751. The second-order valence-electron chi connectivity index (χ2n) is 4.78. The fourth-order valence-corrected chi connectivity index (χ4v) is 2.25. The molecule has 2 heterocycles. The normalized spacial score (nSPS) is 16.0. The summed E-state index contributed by atoms with van der Waals surface area (Å²) in [6.45, 7) is 2.99. The quantitative estimate of drug-likeness (QED) is 0.821. The van der Waals surface area contributed by atoms with Crippen molar-refractivity contribution in [1.29, 1.82) is 0 Å². The van der Waals surface area contributed by atoms with E-state index in [1.54, 1.807) is 13.0 Å². The zero-order valence-electron chi connectivity index (χ0n) is 11.5. The highest BCUT2D eigenvalue weighted by atomic mass is 16.5. The van der Waals surface area contributed by atoms with E-state index < -0.39 is 11.9 Å². The number of aryl methyl sites for hydroxylation is 1. The molecule has 1 saturated heterocycles. The van der Waals surface area contributed by atoms with E-state index in [-0.39, 0.29) is 11.7 Å². The minimum Gasteiger partial charge on any atom is -0.481 e. The van der Waals surface area contributed by atoms with Crippen LogP contribution in [0.25, 0.3) is 0 Å². The monoisotopic (exact) mass is 279 g/mol. The number of methoxy groups -OCH3 is 1. The van der Waals surface area contributed by atoms with Gasteiger partial charge in [0, 0.05) is 24.8 Å². The number of esters is 1. The first kappa shape index (κ1) is 14.2. The van der Waals surface area contributed by atoms with Gasteiger partial charge >= 0.3 is 11.9 Å². The zero-order chi connectivity index (χ0) is 14.7. The smallest absolute Gasteiger partial charge is 0.376 e. The summed E-state index contributed by atoms with van der Waals surface area (Å²) < 4.78 is 4.62. The molecule has 0 unspecified atom stereocenters. The molecule has 0 atom stereocenters. The third-order valence-electron chi connectivity index (χ3n) is 3.38. The largest absolute Gasteiger partial charge is 0.481 e. The van der Waals surface area contributed by atoms with Crippen molar-refractivity contribution in [3.05, 3.63) is 17.6 Å². The van der Waals surface area contributed by atoms with Gasteiger partial charge in [-0.05, 0) is 19.8 Å². The van der Waals surface area contributed by atoms with Gasteiger partial charge in [0.2, 0.25) is 5.82 Å². The Morgan fingerprint density at radius 1 is 1.35 bits per heavy atom. The van der Waals surface area contributed by atoms with Crippen molar-refractivity contribution in [2.45, 2.75) is 19.8 Å². The molecule has 7 heteroatoms. The van der Waals surface area contributed by atoms with Gasteiger partial charge < -0.3 is 14.7 Å². The predicted molar refractivity (Wildman–Crippen MR) is 70.7 cm³/mol. The van der Waals surface area contributed by atoms with E-state index in [0.717, 1.165) is 0 Å². The Kier molecular flexibility index (Phi) is 4.16. The lowest BCUT2D eigenvalue weighted by molar-refractivity contribution is -0.142. The number of carboxylic acids is 1. The number of carbonyl (C=O) groups is 2. The van der Waals surface area contributed by atoms with Crippen molar-refractivity contribution in [2.24, 2.45) is 5.92 Å². The molecule has 7 nitrogen and oxygen atoms in total. The molecule has 1 aliphatic rings. The number of ether oxygens (including phenoxy) is 1. The third-order valence-corrected chi connectivity index (χ3v) is 3.38. The van der Waals surface area contributed by atoms with Gasteiger partial charge in [-0.2, -0.15) is 0 Å². The van der Waals surface area contributed by atoms with Crippen LogP contribution in [0, 0.1) is 12.8 Å². The number of nitrogens with zero attached hydrogens (tertiary/aromatic N) is 3. The molecule has 0 aromatic carbocycles. The molecule has 1 aliphatic heterocycles. The lowest BCUT2D eigenvalue weighted by Gasteiger charge is -2.31. The van der Waals surface area contributed by atoms with E-state index >= 15 is 0 Å². The molecule has 1 aromatic rings. The Morgan fingerprint density at radius 2 is 2.00 bits per heavy atom. The lowest BCUT2D eigenvalue weighted by atomic mass is 9.97. The van der Waals surface area contributed by atoms with Gasteiger partial charge in [-0.3, -0.25) is 4.79 Å². The van der Waals surface area contributed by atoms with Gasteiger partial charge in [0.15, 0.2) is 0 Å². The van der Waals surface area contributed by atoms with Crippen LogP contribution in [0.5, 0.6) is 0 Å². The third kappa shape index (κ3) is 3.04. The molecule has 1 N–H and O–H groups in total. The molecule has 1 aromatic heterocycles. The van der Waals surface area contributed by atoms with Crippen molar-refractivity contribution in [2.75, 3.05) is 25.1 Å². The molecular formula is C13H17N3O4. The maximum absolute atomic E-state index is 11.5. The molecule has 0 amide bonds. The minimum absolute atomic E-state index is 0.0304. The van der Waals surface area contributed by atoms with Crippen LogP contribution in [0.2, 0.25) is 0 Å². The SMILES string of the molecule is COC(=O)c1nc(C)cc(N2CCC(C(=O)O)CC2)n1. The molecular weight excluding hydrogens is 262 g/mol. The zero-order valence-corrected chi connectivity index (χ0v) is 11.5. The maximum Gasteiger partial charge on any atom is 0.376 e. The summed E-state index contributed by atoms with van der Waals surface area (Å²) in [5, 5.41) is 8.98. The Morgan fingerprint density at radius 3 is 2.55 bits per heavy atom. The molecule has 20 heavy (non-hydrogen) atoms. The average molecular weight is 279 g/mol. The van der Waals surface area contributed by atoms with Gasteiger partial charge in [-0.25, -0.2) is 14.8 Å². The van der Waals surface area contributed by atoms with Crippen molar-refractivity contribution < 1.29 is 19.4 Å². The summed E-state index contributed by atoms with van der Waals surface area (Å²) in [6.07, 6.45) is 1.15. The van der Waals surface area contributed by atoms with Crippen LogP contribution in [-0.2, 0) is 9.53 Å². The maximum atomic E-state index is 11.5. The Hall–Kier alpha value is -2.18. The van der Waals surface area contributed by atoms with E-state index in [0.29, 0.717) is 37.4 Å². The van der Waals surface area contributed by atoms with Gasteiger partial charge in [-0.15, -0.1) is 0 Å². The van der Waals surface area contributed by atoms with Crippen molar-refractivity contribution in [1.82, 2.24) is 9.97 Å². The highest BCUT2D eigenvalue weighted by molar-refractivity contribution is 5.85. The molecule has 0 saturated carbocycles. The van der Waals surface area contributed by atoms with E-state index in [9.17, 15) is 9.59 Å². The first-order valence-corrected chi connectivity index (χ1v) is 6.43. The number of carboxylic acid groups (broad SMARTS) is 1. The van der Waals surface area contributed by atoms with E-state index in [2.05, 4.69) is 14.7 Å². The van der Waals surface area contributed by atoms with Gasteiger partial charge in [-0.1, -0.05) is 0 Å². The van der Waals surface area contributed by atoms with Crippen LogP contribution < -0.4 is 4.90 Å². The predicted octanol–water partition coefficient (Wildman–Crippen LogP) is 0.873. The number of rotatable bonds is 3. The summed E-state index contributed by atoms with van der Waals surface area (Å²) in [5.41, 5.74) is 0.677. The molecule has 2 rings (SSSR count).